The summed E-state index contributed by atoms with van der Waals surface area (Å²) in [5.74, 6) is -0.688. The van der Waals surface area contributed by atoms with E-state index in [0.29, 0.717) is 49.8 Å². The summed E-state index contributed by atoms with van der Waals surface area (Å²) >= 11 is 0. The topological polar surface area (TPSA) is 221 Å². The molecule has 0 radical (unpaired) electrons. The Bertz CT molecular complexity index is 2710. The lowest BCUT2D eigenvalue weighted by molar-refractivity contribution is -0.149. The van der Waals surface area contributed by atoms with Gasteiger partial charge in [-0.05, 0) is 117 Å². The van der Waals surface area contributed by atoms with E-state index in [-0.39, 0.29) is 80.2 Å². The molecule has 0 aliphatic heterocycles. The largest absolute Gasteiger partial charge is 0.493 e. The van der Waals surface area contributed by atoms with E-state index in [9.17, 15) is 24.0 Å². The van der Waals surface area contributed by atoms with Crippen molar-refractivity contribution in [3.63, 3.8) is 0 Å². The van der Waals surface area contributed by atoms with Crippen molar-refractivity contribution < 1.29 is 42.9 Å². The average molecular weight is 1100 g/mol. The van der Waals surface area contributed by atoms with Crippen molar-refractivity contribution >= 4 is 84.3 Å². The normalized spacial score (nSPS) is 13.2. The van der Waals surface area contributed by atoms with Crippen LogP contribution in [0, 0.1) is 5.92 Å². The number of nitrogens with zero attached hydrogens (tertiary/aromatic N) is 1. The van der Waals surface area contributed by atoms with Crippen molar-refractivity contribution in [2.45, 2.75) is 124 Å². The van der Waals surface area contributed by atoms with E-state index in [2.05, 4.69) is 56.4 Å². The first-order valence-electron chi connectivity index (χ1n) is 25.2. The highest BCUT2D eigenvalue weighted by atomic mass is 32.1. The molecule has 0 bridgehead atoms. The number of hydrogen-bond acceptors (Lipinski definition) is 10. The molecule has 1 aliphatic rings. The predicted molar refractivity (Wildman–Crippen MR) is 319 cm³/mol. The maximum absolute atomic E-state index is 14.5. The van der Waals surface area contributed by atoms with Crippen molar-refractivity contribution in [3.8, 4) is 22.6 Å². The number of unbranched alkanes of at least 4 members (excludes halogenated alkanes) is 1. The highest BCUT2D eigenvalue weighted by molar-refractivity contribution is 7.59. The Balaban J connectivity index is 0.00000507. The predicted octanol–water partition coefficient (Wildman–Crippen LogP) is 9.50. The van der Waals surface area contributed by atoms with Gasteiger partial charge in [0, 0.05) is 31.3 Å². The Kier molecular flexibility index (Phi) is 28.6. The van der Waals surface area contributed by atoms with E-state index in [1.54, 1.807) is 20.8 Å². The molecule has 5 aromatic carbocycles. The summed E-state index contributed by atoms with van der Waals surface area (Å²) in [7, 11) is 1.54. The lowest BCUT2D eigenvalue weighted by Gasteiger charge is -2.26. The second kappa shape index (κ2) is 33.3. The molecule has 6 rings (SSSR count). The lowest BCUT2D eigenvalue weighted by Crippen LogP contribution is -2.56. The van der Waals surface area contributed by atoms with Gasteiger partial charge in [0.1, 0.15) is 41.8 Å². The smallest absolute Gasteiger partial charge is 0.407 e. The number of aliphatic imine (C=N–C) groups is 1. The highest BCUT2D eigenvalue weighted by Crippen LogP contribution is 2.46. The number of carbonyl (C=O) groups is 5. The minimum Gasteiger partial charge on any atom is -0.493 e. The number of nitrogens with two attached hydrogens (primary N) is 1. The van der Waals surface area contributed by atoms with Gasteiger partial charge in [-0.3, -0.25) is 19.4 Å². The third-order valence-electron chi connectivity index (χ3n) is 12.4. The van der Waals surface area contributed by atoms with Crippen LogP contribution in [0.25, 0.3) is 32.7 Å². The van der Waals surface area contributed by atoms with Crippen LogP contribution in [0.2, 0.25) is 0 Å². The zero-order valence-corrected chi connectivity index (χ0v) is 45.5. The molecule has 0 aromatic heterocycles. The summed E-state index contributed by atoms with van der Waals surface area (Å²) in [6.45, 7) is 9.77. The molecule has 420 valence electrons. The monoisotopic (exact) mass is 1100 g/mol. The van der Waals surface area contributed by atoms with E-state index in [0.717, 1.165) is 51.1 Å². The second-order valence-corrected chi connectivity index (χ2v) is 19.2. The zero-order chi connectivity index (χ0) is 52.2. The van der Waals surface area contributed by atoms with Gasteiger partial charge in [-0.1, -0.05) is 118 Å². The van der Waals surface area contributed by atoms with Crippen molar-refractivity contribution in [1.29, 1.82) is 0 Å². The number of nitrogens with one attached hydrogen (secondary N) is 5. The Labute approximate surface area is 469 Å². The van der Waals surface area contributed by atoms with Gasteiger partial charge in [0.2, 0.25) is 11.8 Å². The van der Waals surface area contributed by atoms with E-state index in [4.69, 9.17) is 24.7 Å². The van der Waals surface area contributed by atoms with Gasteiger partial charge in [-0.25, -0.2) is 9.59 Å². The average Bonchev–Trinajstić information content (AvgIpc) is 3.36. The molecule has 1 saturated carbocycles. The molecule has 1 aliphatic carbocycles. The van der Waals surface area contributed by atoms with Crippen LogP contribution in [-0.2, 0) is 35.3 Å². The van der Waals surface area contributed by atoms with Crippen molar-refractivity contribution in [2.24, 2.45) is 16.6 Å². The number of esters is 1. The van der Waals surface area contributed by atoms with Crippen LogP contribution >= 0.6 is 27.0 Å². The number of fused-ring (bicyclic) bond motifs is 2. The minimum absolute atomic E-state index is 0. The summed E-state index contributed by atoms with van der Waals surface area (Å²) in [5.41, 5.74) is 7.57. The first-order chi connectivity index (χ1) is 35.2. The number of amides is 4. The molecule has 18 heteroatoms. The van der Waals surface area contributed by atoms with Crippen molar-refractivity contribution in [2.75, 3.05) is 33.4 Å². The molecular formula is C59H83N7O9S2. The van der Waals surface area contributed by atoms with Gasteiger partial charge >= 0.3 is 12.1 Å². The van der Waals surface area contributed by atoms with Gasteiger partial charge in [-0.15, -0.1) is 6.58 Å². The van der Waals surface area contributed by atoms with Crippen LogP contribution in [0.5, 0.6) is 11.5 Å². The Morgan fingerprint density at radius 2 is 1.25 bits per heavy atom. The summed E-state index contributed by atoms with van der Waals surface area (Å²) in [6, 6.07) is 29.7. The maximum Gasteiger partial charge on any atom is 0.407 e. The van der Waals surface area contributed by atoms with E-state index < -0.39 is 60.1 Å². The van der Waals surface area contributed by atoms with Gasteiger partial charge in [0.05, 0.1) is 6.61 Å². The standard InChI is InChI=1S/C57H71N7O9.2CH4.2H2S/c1-6-18-46(54(68)72-36-38-19-8-7-9-20-38)64-53(67)45(28-17-34-60-55(58)59-5)63-52(66)44(27-14-15-33-61-56(69)73-57(2,3)4)62-49(65)37-71-48-32-30-41-24-11-13-26-43(41)51(48)50-42-25-12-10-23-40(42)29-31-47(50)70-35-39-21-16-22-39;;;;/h6-13,19-20,23-26,29-32,39,44-46H,1,14-18,21-22,27-28,33-37H2,2-5H3,(H,61,69)(H,62,65)(H,63,66)(H,64,67)(H3,58,59,60);2*1H4;2*1H2/t44-,45-,46+;;;;/m1..../s1. The fraction of sp³-hybridized carbons (Fsp3) is 0.424. The van der Waals surface area contributed by atoms with Crippen LogP contribution in [0.1, 0.15) is 99.0 Å². The molecule has 0 spiro atoms. The minimum atomic E-state index is -1.16. The molecule has 4 amide bonds. The van der Waals surface area contributed by atoms with Gasteiger partial charge in [0.25, 0.3) is 5.91 Å². The molecule has 3 atom stereocenters. The molecule has 5 aromatic rings. The molecule has 1 fully saturated rings. The number of benzene rings is 5. The molecular weight excluding hydrogens is 1010 g/mol. The van der Waals surface area contributed by atoms with E-state index >= 15 is 0 Å². The second-order valence-electron chi connectivity index (χ2n) is 19.2. The van der Waals surface area contributed by atoms with E-state index in [1.807, 2.05) is 84.9 Å². The van der Waals surface area contributed by atoms with E-state index in [1.165, 1.54) is 19.5 Å². The summed E-state index contributed by atoms with van der Waals surface area (Å²) in [5, 5.41) is 18.0. The summed E-state index contributed by atoms with van der Waals surface area (Å²) in [4.78, 5) is 72.4. The third-order valence-corrected chi connectivity index (χ3v) is 12.4. The number of ether oxygens (including phenoxy) is 4. The van der Waals surface area contributed by atoms with Crippen LogP contribution in [-0.4, -0.2) is 92.8 Å². The van der Waals surface area contributed by atoms with Crippen LogP contribution in [0.3, 0.4) is 0 Å². The number of carbonyl (C=O) groups excluding carboxylic acids is 5. The molecule has 0 saturated heterocycles. The van der Waals surface area contributed by atoms with Crippen LogP contribution in [0.4, 0.5) is 4.79 Å². The fourth-order valence-corrected chi connectivity index (χ4v) is 8.38. The van der Waals surface area contributed by atoms with Crippen LogP contribution < -0.4 is 41.8 Å². The first-order valence-corrected chi connectivity index (χ1v) is 25.2. The Hall–Kier alpha value is -6.92. The lowest BCUT2D eigenvalue weighted by atomic mass is 9.86. The van der Waals surface area contributed by atoms with Gasteiger partial charge < -0.3 is 51.3 Å². The zero-order valence-electron chi connectivity index (χ0n) is 43.5. The number of guanidine groups is 1. The quantitative estimate of drug-likeness (QED) is 0.0101. The molecule has 16 nitrogen and oxygen atoms in total. The number of rotatable bonds is 26. The summed E-state index contributed by atoms with van der Waals surface area (Å²) < 4.78 is 24.0. The van der Waals surface area contributed by atoms with Crippen LogP contribution in [0.15, 0.2) is 121 Å². The molecule has 77 heavy (non-hydrogen) atoms. The number of alkyl carbamates (subject to hydrolysis) is 1. The fourth-order valence-electron chi connectivity index (χ4n) is 8.38. The Morgan fingerprint density at radius 1 is 0.701 bits per heavy atom. The molecule has 7 N–H and O–H groups in total. The van der Waals surface area contributed by atoms with Crippen molar-refractivity contribution in [3.05, 3.63) is 121 Å². The summed E-state index contributed by atoms with van der Waals surface area (Å²) in [6.07, 6.45) is 5.88. The van der Waals surface area contributed by atoms with Gasteiger partial charge in [0.15, 0.2) is 12.6 Å². The first kappa shape index (κ1) is 66.2. The van der Waals surface area contributed by atoms with Gasteiger partial charge in [-0.2, -0.15) is 27.0 Å². The number of hydrogen-bond donors (Lipinski definition) is 6. The maximum atomic E-state index is 14.5. The molecule has 0 unspecified atom stereocenters. The van der Waals surface area contributed by atoms with Crippen molar-refractivity contribution in [1.82, 2.24) is 26.6 Å². The highest BCUT2D eigenvalue weighted by Gasteiger charge is 2.31. The third kappa shape index (κ3) is 20.5. The SMILES string of the molecule is C.C.C=CC[C@H](NC(=O)[C@@H](CCCNC(N)=NC)NC(=O)[C@@H](CCCCNC(=O)OC(C)(C)C)NC(=O)COc1ccc2ccccc2c1-c1c(OCC2CCC2)ccc2ccccc12)C(=O)OCc1ccccc1.S.S. The Morgan fingerprint density at radius 3 is 1.82 bits per heavy atom. The molecule has 0 heterocycles.